The molecule has 0 unspecified atom stereocenters. The Hall–Kier alpha value is -0.405. The van der Waals surface area contributed by atoms with Gasteiger partial charge in [0.15, 0.2) is 0 Å². The van der Waals surface area contributed by atoms with E-state index in [0.717, 1.165) is 12.8 Å². The van der Waals surface area contributed by atoms with E-state index in [0.29, 0.717) is 18.0 Å². The van der Waals surface area contributed by atoms with E-state index >= 15 is 0 Å². The van der Waals surface area contributed by atoms with Gasteiger partial charge in [0.2, 0.25) is 0 Å². The fourth-order valence-corrected chi connectivity index (χ4v) is 0.862. The minimum Gasteiger partial charge on any atom is -0.445 e. The molecule has 0 rings (SSSR count). The van der Waals surface area contributed by atoms with Crippen molar-refractivity contribution in [1.29, 1.82) is 0 Å². The van der Waals surface area contributed by atoms with Crippen molar-refractivity contribution in [3.63, 3.8) is 0 Å². The summed E-state index contributed by atoms with van der Waals surface area (Å²) in [5, 5.41) is 0. The van der Waals surface area contributed by atoms with Crippen molar-refractivity contribution in [2.75, 3.05) is 0 Å². The molecule has 0 aliphatic rings. The quantitative estimate of drug-likeness (QED) is 0.559. The lowest BCUT2D eigenvalue weighted by atomic mass is 9.87. The number of allylic oxidation sites excluding steroid dienone is 1. The summed E-state index contributed by atoms with van der Waals surface area (Å²) in [6.07, 6.45) is 2.35. The molecule has 0 aromatic rings. The molecular weight excluding hydrogens is 152 g/mol. The fourth-order valence-electron chi connectivity index (χ4n) is 0.862. The van der Waals surface area contributed by atoms with Crippen molar-refractivity contribution in [2.45, 2.75) is 33.1 Å². The van der Waals surface area contributed by atoms with Crippen molar-refractivity contribution < 1.29 is 12.9 Å². The van der Waals surface area contributed by atoms with E-state index in [4.69, 9.17) is 0 Å². The number of unbranched alkanes of at least 4 members (excludes halogenated alkanes) is 1. The highest BCUT2D eigenvalue weighted by Crippen LogP contribution is 2.15. The van der Waals surface area contributed by atoms with Crippen LogP contribution in [0.25, 0.3) is 0 Å². The van der Waals surface area contributed by atoms with Crippen molar-refractivity contribution in [3.8, 4) is 0 Å². The molecule has 0 aliphatic heterocycles. The Morgan fingerprint density at radius 3 is 2.27 bits per heavy atom. The Balaban J connectivity index is 3.81. The van der Waals surface area contributed by atoms with E-state index in [9.17, 15) is 12.9 Å². The zero-order valence-corrected chi connectivity index (χ0v) is 6.91. The summed E-state index contributed by atoms with van der Waals surface area (Å²) >= 11 is 0. The van der Waals surface area contributed by atoms with Crippen molar-refractivity contribution in [3.05, 3.63) is 11.5 Å². The van der Waals surface area contributed by atoms with Gasteiger partial charge in [0.25, 0.3) is 0 Å². The first-order valence-corrected chi connectivity index (χ1v) is 3.84. The van der Waals surface area contributed by atoms with Gasteiger partial charge in [0.05, 0.1) is 0 Å². The fraction of sp³-hybridized carbons (Fsp3) is 0.714. The van der Waals surface area contributed by atoms with Gasteiger partial charge >= 0.3 is 6.98 Å². The lowest BCUT2D eigenvalue weighted by molar-refractivity contribution is 0.497. The normalized spacial score (nSPS) is 13.7. The Kier molecular flexibility index (Phi) is 4.30. The molecule has 0 nitrogen and oxygen atoms in total. The summed E-state index contributed by atoms with van der Waals surface area (Å²) in [6, 6.07) is 0. The van der Waals surface area contributed by atoms with E-state index in [1.54, 1.807) is 0 Å². The first-order chi connectivity index (χ1) is 4.95. The Morgan fingerprint density at radius 2 is 1.91 bits per heavy atom. The molecule has 11 heavy (non-hydrogen) atoms. The van der Waals surface area contributed by atoms with Gasteiger partial charge in [-0.25, -0.2) is 0 Å². The number of rotatable bonds is 4. The van der Waals surface area contributed by atoms with Gasteiger partial charge in [0.1, 0.15) is 0 Å². The van der Waals surface area contributed by atoms with Crippen LogP contribution in [0.2, 0.25) is 0 Å². The van der Waals surface area contributed by atoms with Crippen LogP contribution in [0.1, 0.15) is 33.1 Å². The van der Waals surface area contributed by atoms with Crippen LogP contribution in [0, 0.1) is 0 Å². The molecule has 0 heterocycles. The first kappa shape index (κ1) is 10.6. The minimum absolute atomic E-state index is 0.440. The highest BCUT2D eigenvalue weighted by molar-refractivity contribution is 6.64. The van der Waals surface area contributed by atoms with Crippen LogP contribution in [0.15, 0.2) is 11.5 Å². The van der Waals surface area contributed by atoms with Gasteiger partial charge in [-0.3, -0.25) is 0 Å². The number of hydrogen-bond acceptors (Lipinski definition) is 0. The molecule has 0 N–H and O–H groups in total. The van der Waals surface area contributed by atoms with Gasteiger partial charge in [0, 0.05) is 0 Å². The van der Waals surface area contributed by atoms with Crippen molar-refractivity contribution in [2.24, 2.45) is 0 Å². The highest BCUT2D eigenvalue weighted by Gasteiger charge is 2.18. The molecule has 0 aliphatic carbocycles. The van der Waals surface area contributed by atoms with Crippen molar-refractivity contribution in [1.82, 2.24) is 0 Å². The molecule has 0 radical (unpaired) electrons. The molecule has 0 spiro atoms. The molecule has 0 fully saturated rings. The second-order valence-corrected chi connectivity index (χ2v) is 2.74. The highest BCUT2D eigenvalue weighted by atomic mass is 19.4. The molecule has 0 bridgehead atoms. The molecule has 0 aromatic carbocycles. The summed E-state index contributed by atoms with van der Waals surface area (Å²) < 4.78 is 35.2. The number of halogens is 3. The molecule has 4 heteroatoms. The lowest BCUT2D eigenvalue weighted by Crippen LogP contribution is -2.11. The smallest absolute Gasteiger partial charge is 0.445 e. The van der Waals surface area contributed by atoms with Crippen LogP contribution in [0.5, 0.6) is 0 Å². The molecular formula is C7H13BF3-. The maximum atomic E-state index is 11.7. The molecule has 0 saturated heterocycles. The number of hydrogen-bond donors (Lipinski definition) is 0. The zero-order valence-electron chi connectivity index (χ0n) is 6.91. The Morgan fingerprint density at radius 1 is 1.36 bits per heavy atom. The molecule has 66 valence electrons. The van der Waals surface area contributed by atoms with Crippen LogP contribution in [0.3, 0.4) is 0 Å². The minimum atomic E-state index is -4.72. The van der Waals surface area contributed by atoms with Crippen molar-refractivity contribution >= 4 is 6.98 Å². The third kappa shape index (κ3) is 7.49. The van der Waals surface area contributed by atoms with E-state index in [1.165, 1.54) is 6.92 Å². The molecule has 0 saturated carbocycles. The van der Waals surface area contributed by atoms with Gasteiger partial charge in [-0.2, -0.15) is 0 Å². The summed E-state index contributed by atoms with van der Waals surface area (Å²) in [7, 11) is 0. The van der Waals surface area contributed by atoms with Crippen LogP contribution < -0.4 is 0 Å². The van der Waals surface area contributed by atoms with Crippen LogP contribution in [-0.4, -0.2) is 6.98 Å². The predicted molar refractivity (Wildman–Crippen MR) is 42.4 cm³/mol. The molecule has 0 atom stereocenters. The summed E-state index contributed by atoms with van der Waals surface area (Å²) in [4.78, 5) is 0. The SMILES string of the molecule is CCCC/C(C)=C/[B-](F)(F)F. The largest absolute Gasteiger partial charge is 0.502 e. The standard InChI is InChI=1S/C7H13BF3/c1-3-4-5-7(2)6-8(9,10)11/h6H,3-5H2,1-2H3/q-1/b7-6+. The monoisotopic (exact) mass is 165 g/mol. The maximum Gasteiger partial charge on any atom is 0.502 e. The third-order valence-electron chi connectivity index (χ3n) is 1.40. The molecule has 0 amide bonds. The Labute approximate surface area is 65.5 Å². The molecule has 0 aromatic heterocycles. The second kappa shape index (κ2) is 4.47. The van der Waals surface area contributed by atoms with E-state index in [2.05, 4.69) is 0 Å². The average Bonchev–Trinajstić information content (AvgIpc) is 1.79. The van der Waals surface area contributed by atoms with E-state index in [-0.39, 0.29) is 0 Å². The topological polar surface area (TPSA) is 0 Å². The van der Waals surface area contributed by atoms with Gasteiger partial charge in [-0.05, 0) is 19.8 Å². The van der Waals surface area contributed by atoms with E-state index in [1.807, 2.05) is 6.92 Å². The van der Waals surface area contributed by atoms with Crippen LogP contribution in [0.4, 0.5) is 12.9 Å². The lowest BCUT2D eigenvalue weighted by Gasteiger charge is -2.09. The maximum absolute atomic E-state index is 11.7. The van der Waals surface area contributed by atoms with Gasteiger partial charge in [-0.1, -0.05) is 13.3 Å². The summed E-state index contributed by atoms with van der Waals surface area (Å²) in [5.74, 6) is 0.440. The third-order valence-corrected chi connectivity index (χ3v) is 1.40. The Bertz CT molecular complexity index is 137. The van der Waals surface area contributed by atoms with Crippen LogP contribution in [-0.2, 0) is 0 Å². The zero-order chi connectivity index (χ0) is 8.91. The first-order valence-electron chi connectivity index (χ1n) is 3.84. The summed E-state index contributed by atoms with van der Waals surface area (Å²) in [5.41, 5.74) is 0.444. The summed E-state index contributed by atoms with van der Waals surface area (Å²) in [6.45, 7) is -1.23. The van der Waals surface area contributed by atoms with Gasteiger partial charge in [-0.15, -0.1) is 11.5 Å². The predicted octanol–water partition coefficient (Wildman–Crippen LogP) is 3.51. The van der Waals surface area contributed by atoms with E-state index < -0.39 is 6.98 Å². The van der Waals surface area contributed by atoms with Crippen LogP contribution >= 0.6 is 0 Å². The second-order valence-electron chi connectivity index (χ2n) is 2.74. The average molecular weight is 165 g/mol. The van der Waals surface area contributed by atoms with Gasteiger partial charge < -0.3 is 12.9 Å².